The quantitative estimate of drug-likeness (QED) is 0.498. The van der Waals surface area contributed by atoms with E-state index in [0.29, 0.717) is 6.61 Å². The minimum absolute atomic E-state index is 0.198. The third kappa shape index (κ3) is 1.32. The van der Waals surface area contributed by atoms with Crippen LogP contribution >= 0.6 is 0 Å². The summed E-state index contributed by atoms with van der Waals surface area (Å²) < 4.78 is 5.01. The number of rotatable bonds is 1. The molecule has 1 N–H and O–H groups in total. The lowest BCUT2D eigenvalue weighted by atomic mass is 10.2. The van der Waals surface area contributed by atoms with E-state index in [9.17, 15) is 0 Å². The van der Waals surface area contributed by atoms with E-state index in [0.717, 1.165) is 18.6 Å². The Labute approximate surface area is 48.8 Å². The molecular formula is C6H10O2. The normalized spacial score (nSPS) is 20.4. The van der Waals surface area contributed by atoms with E-state index in [2.05, 4.69) is 0 Å². The first-order valence-electron chi connectivity index (χ1n) is 2.80. The van der Waals surface area contributed by atoms with E-state index in [-0.39, 0.29) is 6.61 Å². The average molecular weight is 114 g/mol. The van der Waals surface area contributed by atoms with Crippen molar-refractivity contribution in [3.8, 4) is 0 Å². The van der Waals surface area contributed by atoms with E-state index in [1.165, 1.54) is 0 Å². The minimum atomic E-state index is 0.198. The third-order valence-corrected chi connectivity index (χ3v) is 1.26. The van der Waals surface area contributed by atoms with Gasteiger partial charge in [0, 0.05) is 0 Å². The number of hydrogen-bond acceptors (Lipinski definition) is 2. The molecule has 1 heterocycles. The molecular weight excluding hydrogens is 104 g/mol. The molecule has 0 fully saturated rings. The predicted octanol–water partition coefficient (Wildman–Crippen LogP) is 0.325. The van der Waals surface area contributed by atoms with Crippen LogP contribution in [0.25, 0.3) is 0 Å². The number of hydrogen-bond donors (Lipinski definition) is 1. The second-order valence-corrected chi connectivity index (χ2v) is 1.85. The molecule has 0 aromatic carbocycles. The molecule has 2 nitrogen and oxygen atoms in total. The van der Waals surface area contributed by atoms with Gasteiger partial charge in [-0.25, -0.2) is 0 Å². The van der Waals surface area contributed by atoms with Crippen molar-refractivity contribution in [3.63, 3.8) is 0 Å². The smallest absolute Gasteiger partial charge is 0.0651 e. The van der Waals surface area contributed by atoms with Crippen molar-refractivity contribution < 1.29 is 9.84 Å². The highest BCUT2D eigenvalue weighted by Gasteiger charge is 1.99. The topological polar surface area (TPSA) is 29.5 Å². The summed E-state index contributed by atoms with van der Waals surface area (Å²) in [5, 5.41) is 8.57. The zero-order valence-electron chi connectivity index (χ0n) is 4.76. The monoisotopic (exact) mass is 114 g/mol. The maximum absolute atomic E-state index is 8.57. The van der Waals surface area contributed by atoms with Gasteiger partial charge in [-0.2, -0.15) is 0 Å². The maximum atomic E-state index is 8.57. The van der Waals surface area contributed by atoms with Crippen LogP contribution in [0.1, 0.15) is 6.42 Å². The Hall–Kier alpha value is -0.340. The number of aliphatic hydroxyl groups is 1. The van der Waals surface area contributed by atoms with Gasteiger partial charge in [-0.1, -0.05) is 6.08 Å². The summed E-state index contributed by atoms with van der Waals surface area (Å²) in [6.07, 6.45) is 2.83. The van der Waals surface area contributed by atoms with Crippen LogP contribution in [0.4, 0.5) is 0 Å². The van der Waals surface area contributed by atoms with Crippen molar-refractivity contribution in [1.29, 1.82) is 0 Å². The molecule has 0 unspecified atom stereocenters. The van der Waals surface area contributed by atoms with Gasteiger partial charge in [0.15, 0.2) is 0 Å². The molecule has 2 heteroatoms. The summed E-state index contributed by atoms with van der Waals surface area (Å²) in [5.41, 5.74) is 1.11. The molecule has 0 spiro atoms. The van der Waals surface area contributed by atoms with Crippen LogP contribution < -0.4 is 0 Å². The Morgan fingerprint density at radius 2 is 2.62 bits per heavy atom. The van der Waals surface area contributed by atoms with Crippen LogP contribution in [-0.4, -0.2) is 24.9 Å². The van der Waals surface area contributed by atoms with Crippen molar-refractivity contribution in [3.05, 3.63) is 11.6 Å². The lowest BCUT2D eigenvalue weighted by Gasteiger charge is -2.09. The van der Waals surface area contributed by atoms with Gasteiger partial charge in [-0.05, 0) is 12.0 Å². The van der Waals surface area contributed by atoms with Gasteiger partial charge in [0.2, 0.25) is 0 Å². The Balaban J connectivity index is 2.37. The first-order chi connectivity index (χ1) is 3.93. The fraction of sp³-hybridized carbons (Fsp3) is 0.667. The molecule has 46 valence electrons. The van der Waals surface area contributed by atoms with Gasteiger partial charge in [0.05, 0.1) is 19.8 Å². The molecule has 0 atom stereocenters. The van der Waals surface area contributed by atoms with E-state index in [1.807, 2.05) is 6.08 Å². The molecule has 0 bridgehead atoms. The van der Waals surface area contributed by atoms with Crippen molar-refractivity contribution in [2.45, 2.75) is 6.42 Å². The second kappa shape index (κ2) is 2.84. The highest BCUT2D eigenvalue weighted by atomic mass is 16.5. The van der Waals surface area contributed by atoms with Gasteiger partial charge in [-0.3, -0.25) is 0 Å². The largest absolute Gasteiger partial charge is 0.392 e. The molecule has 1 aliphatic rings. The van der Waals surface area contributed by atoms with Crippen molar-refractivity contribution in [1.82, 2.24) is 0 Å². The minimum Gasteiger partial charge on any atom is -0.392 e. The first kappa shape index (κ1) is 5.79. The van der Waals surface area contributed by atoms with Crippen LogP contribution in [-0.2, 0) is 4.74 Å². The van der Waals surface area contributed by atoms with E-state index in [4.69, 9.17) is 9.84 Å². The fourth-order valence-electron chi connectivity index (χ4n) is 0.709. The van der Waals surface area contributed by atoms with Crippen LogP contribution in [0, 0.1) is 0 Å². The number of aliphatic hydroxyl groups excluding tert-OH is 1. The Bertz CT molecular complexity index is 96.7. The van der Waals surface area contributed by atoms with Gasteiger partial charge in [0.1, 0.15) is 0 Å². The van der Waals surface area contributed by atoms with Crippen molar-refractivity contribution in [2.75, 3.05) is 19.8 Å². The number of ether oxygens (including phenoxy) is 1. The lowest BCUT2D eigenvalue weighted by molar-refractivity contribution is 0.148. The van der Waals surface area contributed by atoms with Gasteiger partial charge < -0.3 is 9.84 Å². The Morgan fingerprint density at radius 3 is 3.00 bits per heavy atom. The highest BCUT2D eigenvalue weighted by Crippen LogP contribution is 2.04. The standard InChI is InChI=1S/C6H10O2/c7-5-6-1-3-8-4-2-6/h1,7H,2-5H2. The maximum Gasteiger partial charge on any atom is 0.0651 e. The average Bonchev–Trinajstić information content (AvgIpc) is 1.90. The summed E-state index contributed by atoms with van der Waals surface area (Å²) in [5.74, 6) is 0. The molecule has 1 aliphatic heterocycles. The summed E-state index contributed by atoms with van der Waals surface area (Å²) in [4.78, 5) is 0. The lowest BCUT2D eigenvalue weighted by Crippen LogP contribution is -2.06. The van der Waals surface area contributed by atoms with Crippen LogP contribution in [0.15, 0.2) is 11.6 Å². The highest BCUT2D eigenvalue weighted by molar-refractivity contribution is 5.04. The molecule has 0 amide bonds. The molecule has 0 aliphatic carbocycles. The van der Waals surface area contributed by atoms with E-state index < -0.39 is 0 Å². The van der Waals surface area contributed by atoms with E-state index >= 15 is 0 Å². The first-order valence-corrected chi connectivity index (χ1v) is 2.80. The molecule has 0 radical (unpaired) electrons. The Kier molecular flexibility index (Phi) is 2.06. The Morgan fingerprint density at radius 1 is 1.75 bits per heavy atom. The molecule has 0 aromatic rings. The summed E-state index contributed by atoms with van der Waals surface area (Å²) in [6.45, 7) is 1.64. The SMILES string of the molecule is OCC1=CCOCC1. The fourth-order valence-corrected chi connectivity index (χ4v) is 0.709. The summed E-state index contributed by atoms with van der Waals surface area (Å²) in [6, 6.07) is 0. The molecule has 0 saturated heterocycles. The van der Waals surface area contributed by atoms with Crippen LogP contribution in [0.2, 0.25) is 0 Å². The predicted molar refractivity (Wildman–Crippen MR) is 30.6 cm³/mol. The zero-order chi connectivity index (χ0) is 5.82. The third-order valence-electron chi connectivity index (χ3n) is 1.26. The van der Waals surface area contributed by atoms with Gasteiger partial charge >= 0.3 is 0 Å². The van der Waals surface area contributed by atoms with Crippen molar-refractivity contribution >= 4 is 0 Å². The van der Waals surface area contributed by atoms with Gasteiger partial charge in [-0.15, -0.1) is 0 Å². The second-order valence-electron chi connectivity index (χ2n) is 1.85. The summed E-state index contributed by atoms with van der Waals surface area (Å²) >= 11 is 0. The van der Waals surface area contributed by atoms with E-state index in [1.54, 1.807) is 0 Å². The molecule has 0 saturated carbocycles. The van der Waals surface area contributed by atoms with Gasteiger partial charge in [0.25, 0.3) is 0 Å². The van der Waals surface area contributed by atoms with Crippen molar-refractivity contribution in [2.24, 2.45) is 0 Å². The summed E-state index contributed by atoms with van der Waals surface area (Å²) in [7, 11) is 0. The van der Waals surface area contributed by atoms with Crippen LogP contribution in [0.3, 0.4) is 0 Å². The molecule has 1 rings (SSSR count). The molecule has 8 heavy (non-hydrogen) atoms. The molecule has 0 aromatic heterocycles. The zero-order valence-corrected chi connectivity index (χ0v) is 4.76. The van der Waals surface area contributed by atoms with Crippen LogP contribution in [0.5, 0.6) is 0 Å².